The maximum atomic E-state index is 12.0. The second-order valence-corrected chi connectivity index (χ2v) is 7.97. The van der Waals surface area contributed by atoms with E-state index in [0.29, 0.717) is 10.2 Å². The molecule has 2 heterocycles. The first kappa shape index (κ1) is 14.1. The van der Waals surface area contributed by atoms with Gasteiger partial charge in [-0.15, -0.1) is 11.3 Å². The van der Waals surface area contributed by atoms with Gasteiger partial charge in [0.05, 0.1) is 10.7 Å². The van der Waals surface area contributed by atoms with Gasteiger partial charge in [0.25, 0.3) is 15.9 Å². The van der Waals surface area contributed by atoms with Crippen LogP contribution in [-0.4, -0.2) is 13.6 Å². The van der Waals surface area contributed by atoms with Gasteiger partial charge in [-0.05, 0) is 28.9 Å². The zero-order chi connectivity index (χ0) is 13.5. The minimum absolute atomic E-state index is 0.00143. The predicted molar refractivity (Wildman–Crippen MR) is 74.1 cm³/mol. The van der Waals surface area contributed by atoms with Crippen molar-refractivity contribution in [3.63, 3.8) is 0 Å². The third-order valence-electron chi connectivity index (χ3n) is 1.91. The number of anilines is 1. The summed E-state index contributed by atoms with van der Waals surface area (Å²) in [7, 11) is -3.79. The number of rotatable bonds is 3. The van der Waals surface area contributed by atoms with Crippen molar-refractivity contribution in [2.45, 2.75) is 11.1 Å². The summed E-state index contributed by atoms with van der Waals surface area (Å²) < 4.78 is 31.8. The van der Waals surface area contributed by atoms with E-state index in [1.165, 1.54) is 6.07 Å². The number of hydrogen-bond acceptors (Lipinski definition) is 5. The summed E-state index contributed by atoms with van der Waals surface area (Å²) in [5, 5.41) is 3.81. The van der Waals surface area contributed by atoms with Gasteiger partial charge in [-0.1, -0.05) is 28.4 Å². The van der Waals surface area contributed by atoms with Crippen LogP contribution in [0.5, 0.6) is 0 Å². The van der Waals surface area contributed by atoms with E-state index in [2.05, 4.69) is 25.8 Å². The standard InChI is InChI=1S/C8H5BrCl2N2O3S2/c1-3-6(9)8(16-12-3)13-18(14,15)5-2-4(10)7(11)17-5/h2,13H,1H3. The number of thiophene rings is 1. The topological polar surface area (TPSA) is 72.2 Å². The summed E-state index contributed by atoms with van der Waals surface area (Å²) in [6.07, 6.45) is 0. The molecule has 18 heavy (non-hydrogen) atoms. The Kier molecular flexibility index (Phi) is 3.93. The molecule has 0 unspecified atom stereocenters. The molecule has 5 nitrogen and oxygen atoms in total. The van der Waals surface area contributed by atoms with Gasteiger partial charge >= 0.3 is 0 Å². The lowest BCUT2D eigenvalue weighted by Gasteiger charge is -2.01. The lowest BCUT2D eigenvalue weighted by molar-refractivity contribution is 0.430. The first-order chi connectivity index (χ1) is 8.31. The van der Waals surface area contributed by atoms with Gasteiger partial charge in [0.2, 0.25) is 0 Å². The molecule has 2 aromatic rings. The highest BCUT2D eigenvalue weighted by Gasteiger charge is 2.23. The average Bonchev–Trinajstić information content (AvgIpc) is 2.77. The third kappa shape index (κ3) is 2.67. The molecule has 2 aromatic heterocycles. The Bertz CT molecular complexity index is 676. The highest BCUT2D eigenvalue weighted by molar-refractivity contribution is 9.10. The van der Waals surface area contributed by atoms with Crippen LogP contribution in [0.25, 0.3) is 0 Å². The molecule has 0 bridgehead atoms. The fourth-order valence-electron chi connectivity index (χ4n) is 1.05. The van der Waals surface area contributed by atoms with Crippen molar-refractivity contribution in [1.82, 2.24) is 5.16 Å². The van der Waals surface area contributed by atoms with Crippen LogP contribution in [0.15, 0.2) is 19.3 Å². The number of hydrogen-bond donors (Lipinski definition) is 1. The van der Waals surface area contributed by atoms with Gasteiger partial charge in [-0.25, -0.2) is 13.1 Å². The second-order valence-electron chi connectivity index (χ2n) is 3.20. The number of nitrogens with zero attached hydrogens (tertiary/aromatic N) is 1. The smallest absolute Gasteiger partial charge is 0.273 e. The van der Waals surface area contributed by atoms with E-state index < -0.39 is 10.0 Å². The fraction of sp³-hybridized carbons (Fsp3) is 0.125. The quantitative estimate of drug-likeness (QED) is 0.860. The Labute approximate surface area is 125 Å². The molecule has 0 amide bonds. The maximum Gasteiger partial charge on any atom is 0.273 e. The fourth-order valence-corrected chi connectivity index (χ4v) is 4.30. The van der Waals surface area contributed by atoms with Crippen molar-refractivity contribution in [2.75, 3.05) is 4.72 Å². The van der Waals surface area contributed by atoms with E-state index in [1.54, 1.807) is 6.92 Å². The van der Waals surface area contributed by atoms with Gasteiger partial charge in [0.1, 0.15) is 13.0 Å². The van der Waals surface area contributed by atoms with E-state index in [9.17, 15) is 8.42 Å². The van der Waals surface area contributed by atoms with Crippen molar-refractivity contribution in [2.24, 2.45) is 0 Å². The van der Waals surface area contributed by atoms with Crippen molar-refractivity contribution >= 4 is 66.4 Å². The van der Waals surface area contributed by atoms with Gasteiger partial charge in [0.15, 0.2) is 0 Å². The summed E-state index contributed by atoms with van der Waals surface area (Å²) in [4.78, 5) is 0. The number of halogens is 3. The number of aryl methyl sites for hydroxylation is 1. The van der Waals surface area contributed by atoms with Crippen LogP contribution >= 0.6 is 50.5 Å². The van der Waals surface area contributed by atoms with Gasteiger partial charge in [0, 0.05) is 0 Å². The zero-order valence-electron chi connectivity index (χ0n) is 8.70. The SMILES string of the molecule is Cc1noc(NS(=O)(=O)c2cc(Cl)c(Cl)s2)c1Br. The van der Waals surface area contributed by atoms with Crippen molar-refractivity contribution in [3.05, 3.63) is 25.6 Å². The molecule has 0 radical (unpaired) electrons. The number of nitrogens with one attached hydrogen (secondary N) is 1. The molecule has 0 aliphatic heterocycles. The molecule has 0 atom stereocenters. The van der Waals surface area contributed by atoms with Crippen LogP contribution in [-0.2, 0) is 10.0 Å². The van der Waals surface area contributed by atoms with Crippen LogP contribution in [0, 0.1) is 6.92 Å². The largest absolute Gasteiger partial charge is 0.336 e. The summed E-state index contributed by atoms with van der Waals surface area (Å²) in [5.41, 5.74) is 0.537. The Morgan fingerprint density at radius 3 is 2.61 bits per heavy atom. The van der Waals surface area contributed by atoms with Gasteiger partial charge < -0.3 is 4.52 Å². The molecule has 0 aliphatic rings. The van der Waals surface area contributed by atoms with E-state index in [1.807, 2.05) is 0 Å². The molecular weight excluding hydrogens is 387 g/mol. The maximum absolute atomic E-state index is 12.0. The molecule has 0 fully saturated rings. The highest BCUT2D eigenvalue weighted by Crippen LogP contribution is 2.36. The minimum Gasteiger partial charge on any atom is -0.336 e. The monoisotopic (exact) mass is 390 g/mol. The number of sulfonamides is 1. The Morgan fingerprint density at radius 1 is 1.50 bits per heavy atom. The summed E-state index contributed by atoms with van der Waals surface area (Å²) in [5.74, 6) is 0.00754. The average molecular weight is 392 g/mol. The van der Waals surface area contributed by atoms with E-state index in [-0.39, 0.29) is 19.5 Å². The minimum atomic E-state index is -3.79. The normalized spacial score (nSPS) is 11.8. The Balaban J connectivity index is 2.36. The third-order valence-corrected chi connectivity index (χ3v) is 6.51. The molecule has 1 N–H and O–H groups in total. The van der Waals surface area contributed by atoms with E-state index >= 15 is 0 Å². The van der Waals surface area contributed by atoms with Crippen LogP contribution in [0.3, 0.4) is 0 Å². The van der Waals surface area contributed by atoms with Crippen LogP contribution in [0.1, 0.15) is 5.69 Å². The molecule has 10 heteroatoms. The van der Waals surface area contributed by atoms with Gasteiger partial charge in [-0.3, -0.25) is 0 Å². The van der Waals surface area contributed by atoms with E-state index in [0.717, 1.165) is 11.3 Å². The lowest BCUT2D eigenvalue weighted by atomic mass is 10.5. The van der Waals surface area contributed by atoms with Crippen LogP contribution in [0.2, 0.25) is 9.36 Å². The molecule has 98 valence electrons. The van der Waals surface area contributed by atoms with Gasteiger partial charge in [-0.2, -0.15) is 0 Å². The first-order valence-corrected chi connectivity index (χ1v) is 8.25. The summed E-state index contributed by atoms with van der Waals surface area (Å²) in [6, 6.07) is 1.27. The number of aromatic nitrogens is 1. The summed E-state index contributed by atoms with van der Waals surface area (Å²) >= 11 is 15.5. The van der Waals surface area contributed by atoms with Crippen LogP contribution in [0.4, 0.5) is 5.88 Å². The summed E-state index contributed by atoms with van der Waals surface area (Å²) in [6.45, 7) is 1.67. The molecule has 0 saturated carbocycles. The van der Waals surface area contributed by atoms with Crippen molar-refractivity contribution < 1.29 is 12.9 Å². The Morgan fingerprint density at radius 2 is 2.17 bits per heavy atom. The van der Waals surface area contributed by atoms with Crippen LogP contribution < -0.4 is 4.72 Å². The molecule has 0 spiro atoms. The molecule has 2 rings (SSSR count). The lowest BCUT2D eigenvalue weighted by Crippen LogP contribution is -2.11. The highest BCUT2D eigenvalue weighted by atomic mass is 79.9. The zero-order valence-corrected chi connectivity index (χ0v) is 13.4. The van der Waals surface area contributed by atoms with Crippen molar-refractivity contribution in [1.29, 1.82) is 0 Å². The molecule has 0 aromatic carbocycles. The predicted octanol–water partition coefficient (Wildman–Crippen LogP) is 3.91. The first-order valence-electron chi connectivity index (χ1n) is 4.40. The van der Waals surface area contributed by atoms with Crippen molar-refractivity contribution in [3.8, 4) is 0 Å². The molecular formula is C8H5BrCl2N2O3S2. The molecule has 0 saturated heterocycles. The second kappa shape index (κ2) is 5.01. The van der Waals surface area contributed by atoms with E-state index in [4.69, 9.17) is 27.7 Å². The molecule has 0 aliphatic carbocycles. The Hall–Kier alpha value is -0.280.